The number of benzene rings is 2. The van der Waals surface area contributed by atoms with Gasteiger partial charge < -0.3 is 15.8 Å². The van der Waals surface area contributed by atoms with Gasteiger partial charge in [-0.15, -0.1) is 0 Å². The van der Waals surface area contributed by atoms with Gasteiger partial charge in [0.25, 0.3) is 0 Å². The van der Waals surface area contributed by atoms with E-state index in [0.717, 1.165) is 11.3 Å². The van der Waals surface area contributed by atoms with Crippen LogP contribution in [0.4, 0.5) is 11.4 Å². The van der Waals surface area contributed by atoms with Gasteiger partial charge in [-0.2, -0.15) is 0 Å². The van der Waals surface area contributed by atoms with Gasteiger partial charge in [-0.3, -0.25) is 0 Å². The van der Waals surface area contributed by atoms with Crippen LogP contribution in [-0.4, -0.2) is 12.6 Å². The van der Waals surface area contributed by atoms with Gasteiger partial charge >= 0.3 is 5.97 Å². The molecule has 0 atom stereocenters. The molecule has 0 aliphatic rings. The molecule has 0 amide bonds. The summed E-state index contributed by atoms with van der Waals surface area (Å²) in [6.07, 6.45) is 0. The van der Waals surface area contributed by atoms with Crippen LogP contribution in [0.1, 0.15) is 28.4 Å². The molecule has 0 spiro atoms. The van der Waals surface area contributed by atoms with Crippen LogP contribution in [0.15, 0.2) is 42.5 Å². The zero-order valence-corrected chi connectivity index (χ0v) is 12.3. The van der Waals surface area contributed by atoms with Crippen molar-refractivity contribution in [3.8, 4) is 0 Å². The summed E-state index contributed by atoms with van der Waals surface area (Å²) in [5.74, 6) is -0.337. The maximum absolute atomic E-state index is 11.7. The molecule has 4 nitrogen and oxygen atoms in total. The van der Waals surface area contributed by atoms with E-state index in [1.165, 1.54) is 5.56 Å². The molecule has 0 saturated heterocycles. The molecule has 110 valence electrons. The van der Waals surface area contributed by atoms with Crippen molar-refractivity contribution < 1.29 is 9.53 Å². The fraction of sp³-hybridized carbons (Fsp3) is 0.235. The van der Waals surface area contributed by atoms with Crippen molar-refractivity contribution in [2.75, 3.05) is 17.7 Å². The number of hydrogen-bond acceptors (Lipinski definition) is 4. The number of nitrogen functional groups attached to an aromatic ring is 1. The molecule has 0 aromatic heterocycles. The summed E-state index contributed by atoms with van der Waals surface area (Å²) in [7, 11) is 0. The van der Waals surface area contributed by atoms with E-state index in [1.807, 2.05) is 12.1 Å². The lowest BCUT2D eigenvalue weighted by Crippen LogP contribution is -2.08. The summed E-state index contributed by atoms with van der Waals surface area (Å²) in [4.78, 5) is 11.7. The highest BCUT2D eigenvalue weighted by Crippen LogP contribution is 2.21. The average molecular weight is 284 g/mol. The highest BCUT2D eigenvalue weighted by molar-refractivity contribution is 5.92. The van der Waals surface area contributed by atoms with E-state index in [1.54, 1.807) is 25.1 Å². The van der Waals surface area contributed by atoms with E-state index >= 15 is 0 Å². The molecular formula is C17H20N2O2. The van der Waals surface area contributed by atoms with Crippen molar-refractivity contribution in [2.45, 2.75) is 20.4 Å². The third-order valence-electron chi connectivity index (χ3n) is 3.13. The largest absolute Gasteiger partial charge is 0.462 e. The third kappa shape index (κ3) is 3.99. The number of esters is 1. The Morgan fingerprint density at radius 2 is 2.05 bits per heavy atom. The summed E-state index contributed by atoms with van der Waals surface area (Å²) in [5.41, 5.74) is 10.2. The molecule has 21 heavy (non-hydrogen) atoms. The monoisotopic (exact) mass is 284 g/mol. The molecule has 0 bridgehead atoms. The standard InChI is InChI=1S/C17H20N2O2/c1-3-21-17(20)14-7-8-15(18)16(10-14)19-11-13-6-4-5-12(2)9-13/h4-10,19H,3,11,18H2,1-2H3. The summed E-state index contributed by atoms with van der Waals surface area (Å²) in [6, 6.07) is 13.3. The normalized spacial score (nSPS) is 10.2. The first-order valence-electron chi connectivity index (χ1n) is 6.96. The number of anilines is 2. The van der Waals surface area contributed by atoms with Crippen molar-refractivity contribution >= 4 is 17.3 Å². The summed E-state index contributed by atoms with van der Waals surface area (Å²) < 4.78 is 4.99. The van der Waals surface area contributed by atoms with Gasteiger partial charge in [0.2, 0.25) is 0 Å². The number of ether oxygens (including phenoxy) is 1. The van der Waals surface area contributed by atoms with Crippen LogP contribution in [0, 0.1) is 6.92 Å². The fourth-order valence-electron chi connectivity index (χ4n) is 2.07. The van der Waals surface area contributed by atoms with E-state index in [0.29, 0.717) is 24.4 Å². The van der Waals surface area contributed by atoms with Crippen molar-refractivity contribution in [3.05, 3.63) is 59.2 Å². The van der Waals surface area contributed by atoms with Crippen LogP contribution in [0.3, 0.4) is 0 Å². The van der Waals surface area contributed by atoms with Crippen molar-refractivity contribution in [1.29, 1.82) is 0 Å². The average Bonchev–Trinajstić information content (AvgIpc) is 2.46. The maximum atomic E-state index is 11.7. The molecule has 2 rings (SSSR count). The molecule has 0 saturated carbocycles. The van der Waals surface area contributed by atoms with Crippen molar-refractivity contribution in [3.63, 3.8) is 0 Å². The van der Waals surface area contributed by atoms with Crippen molar-refractivity contribution in [1.82, 2.24) is 0 Å². The van der Waals surface area contributed by atoms with Crippen molar-refractivity contribution in [2.24, 2.45) is 0 Å². The molecule has 0 fully saturated rings. The van der Waals surface area contributed by atoms with E-state index in [-0.39, 0.29) is 5.97 Å². The van der Waals surface area contributed by atoms with Crippen LogP contribution in [0.5, 0.6) is 0 Å². The second-order valence-electron chi connectivity index (χ2n) is 4.87. The maximum Gasteiger partial charge on any atom is 0.338 e. The summed E-state index contributed by atoms with van der Waals surface area (Å²) in [6.45, 7) is 4.85. The Kier molecular flexibility index (Phi) is 4.82. The molecule has 0 aliphatic heterocycles. The minimum absolute atomic E-state index is 0.337. The number of rotatable bonds is 5. The van der Waals surface area contributed by atoms with Gasteiger partial charge in [-0.25, -0.2) is 4.79 Å². The minimum atomic E-state index is -0.337. The fourth-order valence-corrected chi connectivity index (χ4v) is 2.07. The zero-order chi connectivity index (χ0) is 15.2. The highest BCUT2D eigenvalue weighted by Gasteiger charge is 2.09. The second kappa shape index (κ2) is 6.79. The molecular weight excluding hydrogens is 264 g/mol. The van der Waals surface area contributed by atoms with Gasteiger partial charge in [0, 0.05) is 6.54 Å². The predicted octanol–water partition coefficient (Wildman–Crippen LogP) is 3.37. The Balaban J connectivity index is 2.12. The third-order valence-corrected chi connectivity index (χ3v) is 3.13. The first kappa shape index (κ1) is 14.9. The van der Waals surface area contributed by atoms with Crippen LogP contribution >= 0.6 is 0 Å². The number of carbonyl (C=O) groups is 1. The number of aryl methyl sites for hydroxylation is 1. The summed E-state index contributed by atoms with van der Waals surface area (Å²) >= 11 is 0. The molecule has 0 radical (unpaired) electrons. The van der Waals surface area contributed by atoms with Crippen LogP contribution < -0.4 is 11.1 Å². The van der Waals surface area contributed by atoms with Crippen LogP contribution in [-0.2, 0) is 11.3 Å². The molecule has 0 heterocycles. The Hall–Kier alpha value is -2.49. The topological polar surface area (TPSA) is 64.3 Å². The smallest absolute Gasteiger partial charge is 0.338 e. The summed E-state index contributed by atoms with van der Waals surface area (Å²) in [5, 5.41) is 3.26. The zero-order valence-electron chi connectivity index (χ0n) is 12.3. The molecule has 0 aliphatic carbocycles. The first-order valence-corrected chi connectivity index (χ1v) is 6.96. The SMILES string of the molecule is CCOC(=O)c1ccc(N)c(NCc2cccc(C)c2)c1. The van der Waals surface area contributed by atoms with E-state index in [4.69, 9.17) is 10.5 Å². The molecule has 4 heteroatoms. The lowest BCUT2D eigenvalue weighted by atomic mass is 10.1. The number of carbonyl (C=O) groups excluding carboxylic acids is 1. The van der Waals surface area contributed by atoms with Crippen LogP contribution in [0.2, 0.25) is 0 Å². The van der Waals surface area contributed by atoms with Gasteiger partial charge in [0.1, 0.15) is 0 Å². The lowest BCUT2D eigenvalue weighted by Gasteiger charge is -2.11. The predicted molar refractivity (Wildman–Crippen MR) is 85.3 cm³/mol. The van der Waals surface area contributed by atoms with Gasteiger partial charge in [-0.1, -0.05) is 29.8 Å². The van der Waals surface area contributed by atoms with E-state index in [9.17, 15) is 4.79 Å². The van der Waals surface area contributed by atoms with Crippen LogP contribution in [0.25, 0.3) is 0 Å². The van der Waals surface area contributed by atoms with Gasteiger partial charge in [0.05, 0.1) is 23.5 Å². The first-order chi connectivity index (χ1) is 10.1. The highest BCUT2D eigenvalue weighted by atomic mass is 16.5. The number of hydrogen-bond donors (Lipinski definition) is 2. The molecule has 0 unspecified atom stereocenters. The van der Waals surface area contributed by atoms with E-state index < -0.39 is 0 Å². The van der Waals surface area contributed by atoms with E-state index in [2.05, 4.69) is 24.4 Å². The molecule has 2 aromatic carbocycles. The Morgan fingerprint density at radius 3 is 2.76 bits per heavy atom. The Morgan fingerprint density at radius 1 is 1.24 bits per heavy atom. The minimum Gasteiger partial charge on any atom is -0.462 e. The second-order valence-corrected chi connectivity index (χ2v) is 4.87. The number of nitrogens with one attached hydrogen (secondary N) is 1. The molecule has 2 aromatic rings. The lowest BCUT2D eigenvalue weighted by molar-refractivity contribution is 0.0526. The number of nitrogens with two attached hydrogens (primary N) is 1. The van der Waals surface area contributed by atoms with Gasteiger partial charge in [-0.05, 0) is 37.6 Å². The quantitative estimate of drug-likeness (QED) is 0.652. The van der Waals surface area contributed by atoms with Gasteiger partial charge in [0.15, 0.2) is 0 Å². The molecule has 3 N–H and O–H groups in total. The Bertz CT molecular complexity index is 638. The Labute approximate surface area is 124 Å².